The summed E-state index contributed by atoms with van der Waals surface area (Å²) in [5, 5.41) is 4.65. The molecule has 3 rings (SSSR count). The van der Waals surface area contributed by atoms with E-state index in [0.717, 1.165) is 30.1 Å². The number of fused-ring (bicyclic) bond motifs is 1. The summed E-state index contributed by atoms with van der Waals surface area (Å²) in [6.07, 6.45) is 9.35. The zero-order chi connectivity index (χ0) is 13.9. The van der Waals surface area contributed by atoms with Crippen molar-refractivity contribution in [1.29, 1.82) is 0 Å². The van der Waals surface area contributed by atoms with Gasteiger partial charge in [0.15, 0.2) is 0 Å². The van der Waals surface area contributed by atoms with Gasteiger partial charge in [-0.25, -0.2) is 15.0 Å². The Hall–Kier alpha value is -1.49. The van der Waals surface area contributed by atoms with E-state index in [-0.39, 0.29) is 6.04 Å². The van der Waals surface area contributed by atoms with Crippen LogP contribution in [0.5, 0.6) is 0 Å². The second kappa shape index (κ2) is 5.87. The molecule has 1 aliphatic rings. The Balaban J connectivity index is 1.80. The van der Waals surface area contributed by atoms with Crippen LogP contribution in [0.1, 0.15) is 53.9 Å². The van der Waals surface area contributed by atoms with Crippen molar-refractivity contribution in [1.82, 2.24) is 15.0 Å². The van der Waals surface area contributed by atoms with E-state index in [0.29, 0.717) is 0 Å². The van der Waals surface area contributed by atoms with E-state index in [9.17, 15) is 0 Å². The average Bonchev–Trinajstić information content (AvgIpc) is 2.97. The monoisotopic (exact) mass is 288 g/mol. The first-order valence-electron chi connectivity index (χ1n) is 7.31. The highest BCUT2D eigenvalue weighted by molar-refractivity contribution is 7.11. The maximum absolute atomic E-state index is 4.51. The predicted octanol–water partition coefficient (Wildman–Crippen LogP) is 3.55. The molecule has 5 heteroatoms. The molecule has 106 valence electrons. The fourth-order valence-corrected chi connectivity index (χ4v) is 3.46. The molecule has 0 spiro atoms. The lowest BCUT2D eigenvalue weighted by molar-refractivity contribution is 0.661. The quantitative estimate of drug-likeness (QED) is 0.934. The number of hydrogen-bond acceptors (Lipinski definition) is 5. The van der Waals surface area contributed by atoms with E-state index < -0.39 is 0 Å². The van der Waals surface area contributed by atoms with E-state index in [2.05, 4.69) is 34.1 Å². The Kier molecular flexibility index (Phi) is 3.96. The van der Waals surface area contributed by atoms with Crippen LogP contribution >= 0.6 is 11.3 Å². The number of anilines is 1. The maximum atomic E-state index is 4.51. The van der Waals surface area contributed by atoms with Gasteiger partial charge in [-0.15, -0.1) is 11.3 Å². The fraction of sp³-hybridized carbons (Fsp3) is 0.533. The number of rotatable bonds is 4. The van der Waals surface area contributed by atoms with Gasteiger partial charge in [-0.05, 0) is 39.0 Å². The molecule has 0 saturated carbocycles. The summed E-state index contributed by atoms with van der Waals surface area (Å²) in [4.78, 5) is 14.7. The molecule has 1 unspecified atom stereocenters. The summed E-state index contributed by atoms with van der Waals surface area (Å²) in [7, 11) is 0. The number of nitrogens with one attached hydrogen (secondary N) is 1. The lowest BCUT2D eigenvalue weighted by atomic mass is 9.96. The molecule has 0 aromatic carbocycles. The van der Waals surface area contributed by atoms with Crippen LogP contribution in [0.15, 0.2) is 12.5 Å². The van der Waals surface area contributed by atoms with Crippen LogP contribution in [0, 0.1) is 0 Å². The summed E-state index contributed by atoms with van der Waals surface area (Å²) in [6.45, 7) is 4.31. The Bertz CT molecular complexity index is 593. The second-order valence-electron chi connectivity index (χ2n) is 5.24. The van der Waals surface area contributed by atoms with E-state index in [4.69, 9.17) is 0 Å². The van der Waals surface area contributed by atoms with Crippen LogP contribution in [0.25, 0.3) is 0 Å². The van der Waals surface area contributed by atoms with Crippen molar-refractivity contribution in [2.75, 3.05) is 5.32 Å². The van der Waals surface area contributed by atoms with Crippen molar-refractivity contribution >= 4 is 17.2 Å². The van der Waals surface area contributed by atoms with Gasteiger partial charge in [-0.2, -0.15) is 0 Å². The molecule has 0 fully saturated rings. The first-order valence-corrected chi connectivity index (χ1v) is 8.13. The van der Waals surface area contributed by atoms with Gasteiger partial charge in [0.05, 0.1) is 6.04 Å². The summed E-state index contributed by atoms with van der Waals surface area (Å²) in [6, 6.07) is 0.196. The maximum Gasteiger partial charge on any atom is 0.133 e. The van der Waals surface area contributed by atoms with Crippen molar-refractivity contribution in [3.8, 4) is 0 Å². The van der Waals surface area contributed by atoms with Crippen molar-refractivity contribution < 1.29 is 0 Å². The summed E-state index contributed by atoms with van der Waals surface area (Å²) >= 11 is 1.78. The van der Waals surface area contributed by atoms with Crippen LogP contribution in [0.3, 0.4) is 0 Å². The molecular formula is C15H20N4S. The fourth-order valence-electron chi connectivity index (χ4n) is 2.60. The van der Waals surface area contributed by atoms with Crippen LogP contribution in [-0.4, -0.2) is 15.0 Å². The van der Waals surface area contributed by atoms with E-state index >= 15 is 0 Å². The zero-order valence-corrected chi connectivity index (χ0v) is 12.8. The zero-order valence-electron chi connectivity index (χ0n) is 12.0. The van der Waals surface area contributed by atoms with Crippen LogP contribution < -0.4 is 5.32 Å². The predicted molar refractivity (Wildman–Crippen MR) is 82.2 cm³/mol. The van der Waals surface area contributed by atoms with Crippen molar-refractivity contribution in [2.45, 2.75) is 52.0 Å². The largest absolute Gasteiger partial charge is 0.361 e. The minimum Gasteiger partial charge on any atom is -0.361 e. The average molecular weight is 288 g/mol. The summed E-state index contributed by atoms with van der Waals surface area (Å²) in [5.74, 6) is 0.996. The minimum atomic E-state index is 0.196. The van der Waals surface area contributed by atoms with Gasteiger partial charge < -0.3 is 5.32 Å². The van der Waals surface area contributed by atoms with Gasteiger partial charge >= 0.3 is 0 Å². The van der Waals surface area contributed by atoms with Crippen LogP contribution in [-0.2, 0) is 19.3 Å². The SMILES string of the molecule is CCc1cnc(C(C)Nc2ncnc3c2CCCC3)s1. The number of hydrogen-bond donors (Lipinski definition) is 1. The molecule has 0 radical (unpaired) electrons. The molecule has 1 N–H and O–H groups in total. The van der Waals surface area contributed by atoms with Gasteiger partial charge in [0.25, 0.3) is 0 Å². The van der Waals surface area contributed by atoms with E-state index in [1.54, 1.807) is 17.7 Å². The van der Waals surface area contributed by atoms with Gasteiger partial charge in [0.1, 0.15) is 17.2 Å². The molecule has 0 bridgehead atoms. The summed E-state index contributed by atoms with van der Waals surface area (Å²) in [5.41, 5.74) is 2.52. The normalized spacial score (nSPS) is 15.7. The summed E-state index contributed by atoms with van der Waals surface area (Å²) < 4.78 is 0. The van der Waals surface area contributed by atoms with Gasteiger partial charge in [0, 0.05) is 22.3 Å². The molecule has 2 heterocycles. The van der Waals surface area contributed by atoms with E-state index in [1.807, 2.05) is 6.20 Å². The Labute approximate surface area is 123 Å². The molecule has 0 amide bonds. The first-order chi connectivity index (χ1) is 9.78. The molecule has 20 heavy (non-hydrogen) atoms. The lowest BCUT2D eigenvalue weighted by Crippen LogP contribution is -2.14. The van der Waals surface area contributed by atoms with Crippen LogP contribution in [0.2, 0.25) is 0 Å². The number of nitrogens with zero attached hydrogens (tertiary/aromatic N) is 3. The highest BCUT2D eigenvalue weighted by Gasteiger charge is 2.18. The highest BCUT2D eigenvalue weighted by atomic mass is 32.1. The second-order valence-corrected chi connectivity index (χ2v) is 6.39. The topological polar surface area (TPSA) is 50.7 Å². The third kappa shape index (κ3) is 2.68. The first kappa shape index (κ1) is 13.5. The molecule has 2 aromatic rings. The molecule has 0 saturated heterocycles. The van der Waals surface area contributed by atoms with Crippen molar-refractivity contribution in [3.63, 3.8) is 0 Å². The molecular weight excluding hydrogens is 268 g/mol. The molecule has 1 atom stereocenters. The molecule has 4 nitrogen and oxygen atoms in total. The number of aromatic nitrogens is 3. The smallest absolute Gasteiger partial charge is 0.133 e. The van der Waals surface area contributed by atoms with Gasteiger partial charge in [0.2, 0.25) is 0 Å². The van der Waals surface area contributed by atoms with Gasteiger partial charge in [-0.1, -0.05) is 6.92 Å². The lowest BCUT2D eigenvalue weighted by Gasteiger charge is -2.20. The number of aryl methyl sites for hydroxylation is 2. The van der Waals surface area contributed by atoms with Crippen molar-refractivity contribution in [3.05, 3.63) is 33.7 Å². The molecule has 0 aliphatic heterocycles. The van der Waals surface area contributed by atoms with Crippen LogP contribution in [0.4, 0.5) is 5.82 Å². The van der Waals surface area contributed by atoms with E-state index in [1.165, 1.54) is 29.0 Å². The standard InChI is InChI=1S/C15H20N4S/c1-3-11-8-16-15(20-11)10(2)19-14-12-6-4-5-7-13(12)17-9-18-14/h8-10H,3-7H2,1-2H3,(H,17,18,19). The Morgan fingerprint density at radius 1 is 1.25 bits per heavy atom. The Morgan fingerprint density at radius 3 is 2.90 bits per heavy atom. The third-order valence-corrected chi connectivity index (χ3v) is 5.09. The number of thiazole rings is 1. The molecule has 1 aliphatic carbocycles. The minimum absolute atomic E-state index is 0.196. The highest BCUT2D eigenvalue weighted by Crippen LogP contribution is 2.28. The van der Waals surface area contributed by atoms with Crippen molar-refractivity contribution in [2.24, 2.45) is 0 Å². The van der Waals surface area contributed by atoms with Gasteiger partial charge in [-0.3, -0.25) is 0 Å². The Morgan fingerprint density at radius 2 is 2.10 bits per heavy atom. The third-order valence-electron chi connectivity index (χ3n) is 3.77. The molecule has 2 aromatic heterocycles.